The summed E-state index contributed by atoms with van der Waals surface area (Å²) in [6.07, 6.45) is 0. The molecule has 0 radical (unpaired) electrons. The predicted octanol–water partition coefficient (Wildman–Crippen LogP) is 4.22. The summed E-state index contributed by atoms with van der Waals surface area (Å²) in [4.78, 5) is 21.6. The Labute approximate surface area is 161 Å². The lowest BCUT2D eigenvalue weighted by molar-refractivity contribution is 0.218. The second kappa shape index (κ2) is 7.21. The molecule has 0 spiro atoms. The van der Waals surface area contributed by atoms with E-state index in [4.69, 9.17) is 9.72 Å². The summed E-state index contributed by atoms with van der Waals surface area (Å²) in [5.74, 6) is 0.724. The summed E-state index contributed by atoms with van der Waals surface area (Å²) < 4.78 is 6.91. The minimum absolute atomic E-state index is 0.0789. The van der Waals surface area contributed by atoms with Crippen LogP contribution in [0.25, 0.3) is 27.6 Å². The highest BCUT2D eigenvalue weighted by molar-refractivity contribution is 7.99. The van der Waals surface area contributed by atoms with Crippen LogP contribution in [0, 0.1) is 13.8 Å². The fraction of sp³-hybridized carbons (Fsp3) is 0.238. The van der Waals surface area contributed by atoms with Gasteiger partial charge in [-0.05, 0) is 37.1 Å². The Morgan fingerprint density at radius 3 is 2.81 bits per heavy atom. The van der Waals surface area contributed by atoms with Crippen molar-refractivity contribution in [3.8, 4) is 5.69 Å². The number of hydrogen-bond donors (Lipinski definition) is 1. The van der Waals surface area contributed by atoms with E-state index in [2.05, 4.69) is 11.1 Å². The van der Waals surface area contributed by atoms with Gasteiger partial charge in [-0.25, -0.2) is 4.98 Å². The van der Waals surface area contributed by atoms with Gasteiger partial charge in [0.25, 0.3) is 5.56 Å². The second-order valence-electron chi connectivity index (χ2n) is 6.56. The first-order valence-corrected chi connectivity index (χ1v) is 9.81. The maximum absolute atomic E-state index is 13.5. The molecule has 0 fully saturated rings. The first-order valence-electron chi connectivity index (χ1n) is 8.83. The molecule has 0 aliphatic heterocycles. The predicted molar refractivity (Wildman–Crippen MR) is 111 cm³/mol. The number of hydrogen-bond acceptors (Lipinski definition) is 4. The molecule has 0 aliphatic rings. The molecular formula is C21H21N3O2S. The van der Waals surface area contributed by atoms with E-state index < -0.39 is 0 Å². The van der Waals surface area contributed by atoms with Crippen LogP contribution in [0.2, 0.25) is 0 Å². The van der Waals surface area contributed by atoms with Crippen molar-refractivity contribution in [1.82, 2.24) is 14.5 Å². The van der Waals surface area contributed by atoms with E-state index in [0.717, 1.165) is 39.0 Å². The minimum Gasteiger partial charge on any atom is -0.384 e. The van der Waals surface area contributed by atoms with Crippen LogP contribution in [0.3, 0.4) is 0 Å². The maximum Gasteiger partial charge on any atom is 0.283 e. The quantitative estimate of drug-likeness (QED) is 0.320. The Hall–Kier alpha value is -2.57. The smallest absolute Gasteiger partial charge is 0.283 e. The van der Waals surface area contributed by atoms with E-state index >= 15 is 0 Å². The van der Waals surface area contributed by atoms with Crippen LogP contribution in [0.4, 0.5) is 0 Å². The van der Waals surface area contributed by atoms with Gasteiger partial charge in [-0.15, -0.1) is 0 Å². The molecule has 2 heterocycles. The number of H-pyrrole nitrogens is 1. The first-order chi connectivity index (χ1) is 13.1. The number of aryl methyl sites for hydroxylation is 2. The molecule has 6 heteroatoms. The van der Waals surface area contributed by atoms with Crippen LogP contribution in [-0.2, 0) is 4.74 Å². The van der Waals surface area contributed by atoms with E-state index in [1.807, 2.05) is 50.2 Å². The van der Waals surface area contributed by atoms with Crippen LogP contribution in [0.5, 0.6) is 0 Å². The van der Waals surface area contributed by atoms with Crippen LogP contribution >= 0.6 is 11.8 Å². The zero-order valence-electron chi connectivity index (χ0n) is 15.6. The summed E-state index contributed by atoms with van der Waals surface area (Å²) in [6.45, 7) is 4.64. The van der Waals surface area contributed by atoms with Gasteiger partial charge in [0.1, 0.15) is 11.0 Å². The SMILES string of the molecule is COCCSc1nc2c([nH]c3ccccc32)c(=O)n1-c1cc(C)ccc1C. The number of thioether (sulfide) groups is 1. The summed E-state index contributed by atoms with van der Waals surface area (Å²) in [5.41, 5.74) is 5.10. The van der Waals surface area contributed by atoms with Gasteiger partial charge in [0.2, 0.25) is 0 Å². The van der Waals surface area contributed by atoms with Crippen molar-refractivity contribution in [2.45, 2.75) is 19.0 Å². The Balaban J connectivity index is 2.04. The number of nitrogens with zero attached hydrogens (tertiary/aromatic N) is 2. The monoisotopic (exact) mass is 379 g/mol. The summed E-state index contributed by atoms with van der Waals surface area (Å²) in [5, 5.41) is 1.65. The van der Waals surface area contributed by atoms with Crippen molar-refractivity contribution in [3.05, 3.63) is 63.9 Å². The largest absolute Gasteiger partial charge is 0.384 e. The Bertz CT molecular complexity index is 1190. The number of methoxy groups -OCH3 is 1. The Morgan fingerprint density at radius 2 is 2.00 bits per heavy atom. The van der Waals surface area contributed by atoms with Gasteiger partial charge in [-0.3, -0.25) is 9.36 Å². The molecule has 0 amide bonds. The number of fused-ring (bicyclic) bond motifs is 3. The van der Waals surface area contributed by atoms with E-state index in [1.54, 1.807) is 11.7 Å². The zero-order valence-corrected chi connectivity index (χ0v) is 16.4. The Morgan fingerprint density at radius 1 is 1.19 bits per heavy atom. The van der Waals surface area contributed by atoms with Gasteiger partial charge in [0.15, 0.2) is 5.16 Å². The molecule has 2 aromatic carbocycles. The van der Waals surface area contributed by atoms with Gasteiger partial charge in [0, 0.05) is 23.8 Å². The highest BCUT2D eigenvalue weighted by Crippen LogP contribution is 2.27. The third-order valence-electron chi connectivity index (χ3n) is 4.62. The molecule has 138 valence electrons. The molecular weight excluding hydrogens is 358 g/mol. The lowest BCUT2D eigenvalue weighted by atomic mass is 10.1. The van der Waals surface area contributed by atoms with Gasteiger partial charge >= 0.3 is 0 Å². The fourth-order valence-electron chi connectivity index (χ4n) is 3.23. The van der Waals surface area contributed by atoms with Crippen LogP contribution in [-0.4, -0.2) is 34.0 Å². The molecule has 4 rings (SSSR count). The highest BCUT2D eigenvalue weighted by atomic mass is 32.2. The van der Waals surface area contributed by atoms with Gasteiger partial charge in [-0.2, -0.15) is 0 Å². The molecule has 0 unspecified atom stereocenters. The Kier molecular flexibility index (Phi) is 4.76. The molecule has 0 bridgehead atoms. The van der Waals surface area contributed by atoms with Gasteiger partial charge in [0.05, 0.1) is 12.3 Å². The van der Waals surface area contributed by atoms with Crippen molar-refractivity contribution in [1.29, 1.82) is 0 Å². The molecule has 27 heavy (non-hydrogen) atoms. The van der Waals surface area contributed by atoms with Gasteiger partial charge < -0.3 is 9.72 Å². The molecule has 0 saturated carbocycles. The number of aromatic nitrogens is 3. The number of ether oxygens (including phenoxy) is 1. The average molecular weight is 379 g/mol. The van der Waals surface area contributed by atoms with E-state index in [0.29, 0.717) is 17.3 Å². The van der Waals surface area contributed by atoms with Crippen molar-refractivity contribution in [3.63, 3.8) is 0 Å². The molecule has 4 aromatic rings. The maximum atomic E-state index is 13.5. The fourth-order valence-corrected chi connectivity index (χ4v) is 4.13. The third kappa shape index (κ3) is 3.15. The van der Waals surface area contributed by atoms with Gasteiger partial charge in [-0.1, -0.05) is 42.1 Å². The topological polar surface area (TPSA) is 59.9 Å². The zero-order chi connectivity index (χ0) is 19.0. The number of nitrogens with one attached hydrogen (secondary N) is 1. The number of para-hydroxylation sites is 1. The summed E-state index contributed by atoms with van der Waals surface area (Å²) in [7, 11) is 1.68. The van der Waals surface area contributed by atoms with E-state index in [9.17, 15) is 4.79 Å². The molecule has 2 aromatic heterocycles. The van der Waals surface area contributed by atoms with Crippen molar-refractivity contribution >= 4 is 33.7 Å². The van der Waals surface area contributed by atoms with E-state index in [-0.39, 0.29) is 5.56 Å². The lowest BCUT2D eigenvalue weighted by Crippen LogP contribution is -2.23. The molecule has 0 atom stereocenters. The third-order valence-corrected chi connectivity index (χ3v) is 5.52. The molecule has 0 aliphatic carbocycles. The molecule has 0 saturated heterocycles. The first kappa shape index (κ1) is 17.8. The standard InChI is InChI=1S/C21H21N3O2S/c1-13-8-9-14(2)17(12-13)24-20(25)19-18(23-21(24)27-11-10-26-3)15-6-4-5-7-16(15)22-19/h4-9,12,22H,10-11H2,1-3H3. The lowest BCUT2D eigenvalue weighted by Gasteiger charge is -2.15. The highest BCUT2D eigenvalue weighted by Gasteiger charge is 2.18. The molecule has 1 N–H and O–H groups in total. The molecule has 5 nitrogen and oxygen atoms in total. The summed E-state index contributed by atoms with van der Waals surface area (Å²) >= 11 is 1.53. The average Bonchev–Trinajstić information content (AvgIpc) is 3.04. The van der Waals surface area contributed by atoms with E-state index in [1.165, 1.54) is 11.8 Å². The van der Waals surface area contributed by atoms with Crippen LogP contribution in [0.15, 0.2) is 52.4 Å². The number of benzene rings is 2. The minimum atomic E-state index is -0.0789. The second-order valence-corrected chi connectivity index (χ2v) is 7.62. The number of rotatable bonds is 5. The van der Waals surface area contributed by atoms with Crippen molar-refractivity contribution < 1.29 is 4.74 Å². The van der Waals surface area contributed by atoms with Crippen LogP contribution < -0.4 is 5.56 Å². The number of aromatic amines is 1. The normalized spacial score (nSPS) is 11.5. The van der Waals surface area contributed by atoms with Crippen LogP contribution in [0.1, 0.15) is 11.1 Å². The summed E-state index contributed by atoms with van der Waals surface area (Å²) in [6, 6.07) is 14.0. The van der Waals surface area contributed by atoms with Crippen molar-refractivity contribution in [2.24, 2.45) is 0 Å². The van der Waals surface area contributed by atoms with Crippen molar-refractivity contribution in [2.75, 3.05) is 19.5 Å².